The molecule has 2 aromatic rings. The first-order valence-electron chi connectivity index (χ1n) is 5.61. The van der Waals surface area contributed by atoms with Gasteiger partial charge in [0.1, 0.15) is 5.75 Å². The molecule has 0 aliphatic heterocycles. The Kier molecular flexibility index (Phi) is 5.30. The van der Waals surface area contributed by atoms with Crippen molar-refractivity contribution in [2.75, 3.05) is 12.4 Å². The second kappa shape index (κ2) is 6.77. The summed E-state index contributed by atoms with van der Waals surface area (Å²) >= 11 is 10.4. The molecule has 0 aliphatic rings. The number of halogens is 3. The Labute approximate surface area is 137 Å². The topological polar surface area (TPSA) is 21.3 Å². The van der Waals surface area contributed by atoms with Crippen LogP contribution in [0, 0.1) is 0 Å². The lowest BCUT2D eigenvalue weighted by Crippen LogP contribution is -2.01. The standard InChI is InChI=1S/C14H12Br3NO/c1-19-14-5-3-10(15)7-13(14)18-8-9-2-4-11(16)12(17)6-9/h2-7,18H,8H2,1H3. The number of methoxy groups -OCH3 is 1. The number of ether oxygens (including phenoxy) is 1. The zero-order valence-corrected chi connectivity index (χ0v) is 15.0. The Morgan fingerprint density at radius 1 is 1.00 bits per heavy atom. The molecule has 5 heteroatoms. The number of nitrogens with one attached hydrogen (secondary N) is 1. The average molecular weight is 450 g/mol. The van der Waals surface area contributed by atoms with E-state index in [-0.39, 0.29) is 0 Å². The van der Waals surface area contributed by atoms with Crippen LogP contribution >= 0.6 is 47.8 Å². The van der Waals surface area contributed by atoms with Gasteiger partial charge in [-0.05, 0) is 67.8 Å². The van der Waals surface area contributed by atoms with Crippen LogP contribution in [0.2, 0.25) is 0 Å². The van der Waals surface area contributed by atoms with Gasteiger partial charge in [-0.15, -0.1) is 0 Å². The van der Waals surface area contributed by atoms with Crippen molar-refractivity contribution in [3.63, 3.8) is 0 Å². The largest absolute Gasteiger partial charge is 0.495 e. The Hall–Kier alpha value is -0.520. The molecule has 1 N–H and O–H groups in total. The smallest absolute Gasteiger partial charge is 0.142 e. The molecule has 0 saturated heterocycles. The number of benzene rings is 2. The van der Waals surface area contributed by atoms with Gasteiger partial charge in [-0.25, -0.2) is 0 Å². The minimum atomic E-state index is 0.735. The highest BCUT2D eigenvalue weighted by molar-refractivity contribution is 9.13. The summed E-state index contributed by atoms with van der Waals surface area (Å²) in [7, 11) is 1.67. The van der Waals surface area contributed by atoms with Crippen LogP contribution in [0.5, 0.6) is 5.75 Å². The van der Waals surface area contributed by atoms with E-state index in [9.17, 15) is 0 Å². The van der Waals surface area contributed by atoms with Gasteiger partial charge in [0.25, 0.3) is 0 Å². The molecular formula is C14H12Br3NO. The van der Waals surface area contributed by atoms with E-state index in [1.165, 1.54) is 5.56 Å². The molecule has 0 unspecified atom stereocenters. The molecule has 19 heavy (non-hydrogen) atoms. The fraction of sp³-hybridized carbons (Fsp3) is 0.143. The Morgan fingerprint density at radius 3 is 2.47 bits per heavy atom. The lowest BCUT2D eigenvalue weighted by atomic mass is 10.2. The molecule has 0 atom stereocenters. The zero-order valence-electron chi connectivity index (χ0n) is 10.2. The number of hydrogen-bond acceptors (Lipinski definition) is 2. The highest BCUT2D eigenvalue weighted by Crippen LogP contribution is 2.29. The van der Waals surface area contributed by atoms with E-state index in [4.69, 9.17) is 4.74 Å². The lowest BCUT2D eigenvalue weighted by Gasteiger charge is -2.12. The molecule has 0 bridgehead atoms. The average Bonchev–Trinajstić information content (AvgIpc) is 2.40. The van der Waals surface area contributed by atoms with Gasteiger partial charge in [0.2, 0.25) is 0 Å². The maximum Gasteiger partial charge on any atom is 0.142 e. The molecule has 0 aromatic heterocycles. The molecule has 2 aromatic carbocycles. The summed E-state index contributed by atoms with van der Waals surface area (Å²) in [4.78, 5) is 0. The van der Waals surface area contributed by atoms with E-state index in [1.807, 2.05) is 24.3 Å². The third-order valence-corrected chi connectivity index (χ3v) is 5.00. The fourth-order valence-corrected chi connectivity index (χ4v) is 2.70. The second-order valence-corrected chi connectivity index (χ2v) is 6.57. The third kappa shape index (κ3) is 3.97. The molecule has 0 radical (unpaired) electrons. The highest BCUT2D eigenvalue weighted by atomic mass is 79.9. The number of anilines is 1. The van der Waals surface area contributed by atoms with Crippen LogP contribution in [0.4, 0.5) is 5.69 Å². The third-order valence-electron chi connectivity index (χ3n) is 2.63. The summed E-state index contributed by atoms with van der Waals surface area (Å²) in [6.45, 7) is 0.735. The van der Waals surface area contributed by atoms with E-state index in [2.05, 4.69) is 65.2 Å². The quantitative estimate of drug-likeness (QED) is 0.656. The van der Waals surface area contributed by atoms with Gasteiger partial charge in [0.15, 0.2) is 0 Å². The van der Waals surface area contributed by atoms with Crippen molar-refractivity contribution in [1.82, 2.24) is 0 Å². The normalized spacial score (nSPS) is 10.3. The molecule has 100 valence electrons. The van der Waals surface area contributed by atoms with Crippen molar-refractivity contribution in [3.05, 3.63) is 55.4 Å². The van der Waals surface area contributed by atoms with Crippen molar-refractivity contribution in [3.8, 4) is 5.75 Å². The first-order chi connectivity index (χ1) is 9.10. The van der Waals surface area contributed by atoms with Gasteiger partial charge in [-0.1, -0.05) is 22.0 Å². The first kappa shape index (κ1) is 14.9. The molecule has 0 amide bonds. The monoisotopic (exact) mass is 447 g/mol. The van der Waals surface area contributed by atoms with Crippen LogP contribution in [-0.2, 0) is 6.54 Å². The number of hydrogen-bond donors (Lipinski definition) is 1. The van der Waals surface area contributed by atoms with E-state index < -0.39 is 0 Å². The number of rotatable bonds is 4. The molecule has 0 spiro atoms. The van der Waals surface area contributed by atoms with Crippen molar-refractivity contribution >= 4 is 53.5 Å². The summed E-state index contributed by atoms with van der Waals surface area (Å²) in [5, 5.41) is 3.38. The molecule has 2 rings (SSSR count). The summed E-state index contributed by atoms with van der Waals surface area (Å²) in [6, 6.07) is 12.1. The van der Waals surface area contributed by atoms with Crippen LogP contribution in [0.25, 0.3) is 0 Å². The molecule has 0 fully saturated rings. The predicted molar refractivity (Wildman–Crippen MR) is 89.9 cm³/mol. The minimum absolute atomic E-state index is 0.735. The maximum atomic E-state index is 5.33. The first-order valence-corrected chi connectivity index (χ1v) is 7.99. The summed E-state index contributed by atoms with van der Waals surface area (Å²) in [5.41, 5.74) is 2.16. The van der Waals surface area contributed by atoms with Crippen molar-refractivity contribution in [1.29, 1.82) is 0 Å². The lowest BCUT2D eigenvalue weighted by molar-refractivity contribution is 0.416. The van der Waals surface area contributed by atoms with Gasteiger partial charge >= 0.3 is 0 Å². The van der Waals surface area contributed by atoms with Crippen molar-refractivity contribution in [2.24, 2.45) is 0 Å². The van der Waals surface area contributed by atoms with Crippen LogP contribution < -0.4 is 10.1 Å². The Bertz CT molecular complexity index is 587. The van der Waals surface area contributed by atoms with Gasteiger partial charge in [0.05, 0.1) is 12.8 Å². The van der Waals surface area contributed by atoms with Crippen LogP contribution in [0.15, 0.2) is 49.8 Å². The van der Waals surface area contributed by atoms with Crippen LogP contribution in [-0.4, -0.2) is 7.11 Å². The van der Waals surface area contributed by atoms with E-state index in [0.717, 1.165) is 31.4 Å². The van der Waals surface area contributed by atoms with E-state index in [1.54, 1.807) is 7.11 Å². The molecular weight excluding hydrogens is 438 g/mol. The van der Waals surface area contributed by atoms with Gasteiger partial charge < -0.3 is 10.1 Å². The molecule has 0 saturated carbocycles. The minimum Gasteiger partial charge on any atom is -0.495 e. The van der Waals surface area contributed by atoms with Gasteiger partial charge in [-0.2, -0.15) is 0 Å². The molecule has 2 nitrogen and oxygen atoms in total. The van der Waals surface area contributed by atoms with Gasteiger partial charge in [-0.3, -0.25) is 0 Å². The van der Waals surface area contributed by atoms with Crippen molar-refractivity contribution in [2.45, 2.75) is 6.54 Å². The Balaban J connectivity index is 2.13. The van der Waals surface area contributed by atoms with E-state index in [0.29, 0.717) is 0 Å². The van der Waals surface area contributed by atoms with Crippen LogP contribution in [0.1, 0.15) is 5.56 Å². The maximum absolute atomic E-state index is 5.33. The summed E-state index contributed by atoms with van der Waals surface area (Å²) in [6.07, 6.45) is 0. The molecule has 0 heterocycles. The van der Waals surface area contributed by atoms with E-state index >= 15 is 0 Å². The SMILES string of the molecule is COc1ccc(Br)cc1NCc1ccc(Br)c(Br)c1. The zero-order chi connectivity index (χ0) is 13.8. The summed E-state index contributed by atoms with van der Waals surface area (Å²) in [5.74, 6) is 0.833. The Morgan fingerprint density at radius 2 is 1.79 bits per heavy atom. The van der Waals surface area contributed by atoms with Gasteiger partial charge in [0, 0.05) is 20.0 Å². The van der Waals surface area contributed by atoms with Crippen LogP contribution in [0.3, 0.4) is 0 Å². The predicted octanol–water partition coefficient (Wildman–Crippen LogP) is 5.59. The fourth-order valence-electron chi connectivity index (χ4n) is 1.67. The molecule has 0 aliphatic carbocycles. The summed E-state index contributed by atoms with van der Waals surface area (Å²) < 4.78 is 8.45. The highest BCUT2D eigenvalue weighted by Gasteiger charge is 2.04. The second-order valence-electron chi connectivity index (χ2n) is 3.95. The van der Waals surface area contributed by atoms with Crippen molar-refractivity contribution < 1.29 is 4.74 Å².